The Kier molecular flexibility index (Phi) is 60.6. The standard InChI is InChI=1S/C78H131NO8/c1-3-5-7-9-11-13-15-17-19-21-23-25-27-28-29-30-31-32-33-34-35-36-37-38-39-40-41-42-43-44-46-48-50-52-54-56-58-60-62-64-66-68-74(82)79-71(70-86-78-77(85)76(84)75(83)73(69-80)87-78)72(81)67-65-63-61-59-57-55-53-51-49-47-45-26-24-22-20-18-16-14-12-10-8-6-4-2/h5,7,11,13,17,19,23,25,28-29,31-32,34-35,37-38,40-41,43-44,48,50,54,56,71-73,75-78,80-81,83-85H,3-4,6,8-10,12,14-16,18,20-22,24,26-27,30,33,36,39,42,45-47,49,51-53,55,57-70H2,1-2H3,(H,79,82)/b7-5-,13-11-,19-17-,25-23-,29-28-,32-31-,35-34-,38-37-,41-40-,44-43-,50-48-,56-54-. The molecule has 1 heterocycles. The van der Waals surface area contributed by atoms with Gasteiger partial charge in [0.05, 0.1) is 25.4 Å². The highest BCUT2D eigenvalue weighted by Gasteiger charge is 2.44. The van der Waals surface area contributed by atoms with E-state index in [0.717, 1.165) is 128 Å². The second-order valence-electron chi connectivity index (χ2n) is 23.9. The third-order valence-corrected chi connectivity index (χ3v) is 16.0. The molecule has 1 saturated heterocycles. The zero-order chi connectivity index (χ0) is 62.8. The van der Waals surface area contributed by atoms with E-state index in [0.29, 0.717) is 12.8 Å². The average Bonchev–Trinajstić information content (AvgIpc) is 3.47. The molecule has 0 radical (unpaired) electrons. The third kappa shape index (κ3) is 53.6. The minimum absolute atomic E-state index is 0.156. The largest absolute Gasteiger partial charge is 0.394 e. The Morgan fingerprint density at radius 2 is 0.713 bits per heavy atom. The predicted molar refractivity (Wildman–Crippen MR) is 373 cm³/mol. The van der Waals surface area contributed by atoms with Crippen LogP contribution in [0.3, 0.4) is 0 Å². The molecule has 0 aromatic rings. The topological polar surface area (TPSA) is 149 Å². The molecule has 0 bridgehead atoms. The number of unbranched alkanes of at least 4 members (excludes halogenated alkanes) is 26. The summed E-state index contributed by atoms with van der Waals surface area (Å²) in [6, 6.07) is -0.745. The second kappa shape index (κ2) is 65.0. The van der Waals surface area contributed by atoms with Crippen molar-refractivity contribution in [2.75, 3.05) is 13.2 Å². The molecule has 9 nitrogen and oxygen atoms in total. The monoisotopic (exact) mass is 1210 g/mol. The van der Waals surface area contributed by atoms with E-state index in [-0.39, 0.29) is 12.5 Å². The number of nitrogens with one attached hydrogen (secondary N) is 1. The van der Waals surface area contributed by atoms with Crippen LogP contribution in [0.2, 0.25) is 0 Å². The number of aliphatic hydroxyl groups excluding tert-OH is 5. The fourth-order valence-corrected chi connectivity index (χ4v) is 10.4. The van der Waals surface area contributed by atoms with Gasteiger partial charge >= 0.3 is 0 Å². The lowest BCUT2D eigenvalue weighted by atomic mass is 9.99. The third-order valence-electron chi connectivity index (χ3n) is 16.0. The van der Waals surface area contributed by atoms with E-state index in [9.17, 15) is 30.3 Å². The van der Waals surface area contributed by atoms with Gasteiger partial charge < -0.3 is 40.3 Å². The first-order chi connectivity index (χ1) is 42.8. The van der Waals surface area contributed by atoms with Gasteiger partial charge in [-0.05, 0) is 103 Å². The van der Waals surface area contributed by atoms with E-state index in [2.05, 4.69) is 165 Å². The van der Waals surface area contributed by atoms with Crippen LogP contribution in [0.4, 0.5) is 0 Å². The fourth-order valence-electron chi connectivity index (χ4n) is 10.4. The molecule has 1 fully saturated rings. The Morgan fingerprint density at radius 3 is 1.06 bits per heavy atom. The minimum atomic E-state index is -1.57. The molecule has 7 unspecified atom stereocenters. The van der Waals surface area contributed by atoms with Crippen LogP contribution in [-0.4, -0.2) is 87.5 Å². The number of carbonyl (C=O) groups excluding carboxylic acids is 1. The van der Waals surface area contributed by atoms with Crippen molar-refractivity contribution in [3.05, 3.63) is 146 Å². The summed E-state index contributed by atoms with van der Waals surface area (Å²) in [6.45, 7) is 3.73. The van der Waals surface area contributed by atoms with E-state index >= 15 is 0 Å². The zero-order valence-electron chi connectivity index (χ0n) is 55.5. The van der Waals surface area contributed by atoms with Crippen molar-refractivity contribution in [1.82, 2.24) is 5.32 Å². The number of rotatable bonds is 60. The Balaban J connectivity index is 2.17. The van der Waals surface area contributed by atoms with Crippen LogP contribution in [0.1, 0.15) is 284 Å². The van der Waals surface area contributed by atoms with Gasteiger partial charge in [-0.15, -0.1) is 0 Å². The van der Waals surface area contributed by atoms with Crippen molar-refractivity contribution in [3.8, 4) is 0 Å². The quantitative estimate of drug-likeness (QED) is 0.0261. The van der Waals surface area contributed by atoms with E-state index in [1.165, 1.54) is 128 Å². The van der Waals surface area contributed by atoms with Crippen molar-refractivity contribution in [3.63, 3.8) is 0 Å². The number of carbonyl (C=O) groups is 1. The molecule has 1 amide bonds. The molecular weight excluding hydrogens is 1080 g/mol. The van der Waals surface area contributed by atoms with E-state index in [4.69, 9.17) is 9.47 Å². The van der Waals surface area contributed by atoms with Gasteiger partial charge in [0.2, 0.25) is 5.91 Å². The van der Waals surface area contributed by atoms with Crippen molar-refractivity contribution in [2.45, 2.75) is 326 Å². The Labute approximate surface area is 533 Å². The Hall–Kier alpha value is -3.93. The maximum Gasteiger partial charge on any atom is 0.220 e. The van der Waals surface area contributed by atoms with Crippen LogP contribution in [0.15, 0.2) is 146 Å². The molecule has 496 valence electrons. The molecule has 0 aliphatic carbocycles. The summed E-state index contributed by atoms with van der Waals surface area (Å²) in [5.41, 5.74) is 0. The summed E-state index contributed by atoms with van der Waals surface area (Å²) in [6.07, 6.45) is 93.3. The van der Waals surface area contributed by atoms with Crippen molar-refractivity contribution < 1.29 is 39.8 Å². The second-order valence-corrected chi connectivity index (χ2v) is 23.9. The lowest BCUT2D eigenvalue weighted by molar-refractivity contribution is -0.302. The highest BCUT2D eigenvalue weighted by molar-refractivity contribution is 5.76. The van der Waals surface area contributed by atoms with Crippen molar-refractivity contribution >= 4 is 5.91 Å². The van der Waals surface area contributed by atoms with Crippen LogP contribution in [-0.2, 0) is 14.3 Å². The summed E-state index contributed by atoms with van der Waals surface area (Å²) < 4.78 is 11.3. The van der Waals surface area contributed by atoms with Gasteiger partial charge in [0.15, 0.2) is 6.29 Å². The molecule has 0 spiro atoms. The highest BCUT2D eigenvalue weighted by atomic mass is 16.7. The lowest BCUT2D eigenvalue weighted by Crippen LogP contribution is -2.60. The molecule has 1 aliphatic rings. The number of allylic oxidation sites excluding steroid dienone is 24. The summed E-state index contributed by atoms with van der Waals surface area (Å²) in [4.78, 5) is 13.1. The van der Waals surface area contributed by atoms with Crippen LogP contribution < -0.4 is 5.32 Å². The maximum atomic E-state index is 13.1. The van der Waals surface area contributed by atoms with Crippen LogP contribution in [0, 0.1) is 0 Å². The number of amides is 1. The van der Waals surface area contributed by atoms with E-state index in [1.807, 2.05) is 0 Å². The van der Waals surface area contributed by atoms with Gasteiger partial charge in [-0.25, -0.2) is 0 Å². The van der Waals surface area contributed by atoms with Crippen molar-refractivity contribution in [1.29, 1.82) is 0 Å². The maximum absolute atomic E-state index is 13.1. The predicted octanol–water partition coefficient (Wildman–Crippen LogP) is 19.7. The van der Waals surface area contributed by atoms with E-state index in [1.54, 1.807) is 0 Å². The molecule has 1 rings (SSSR count). The summed E-state index contributed by atoms with van der Waals surface area (Å²) in [5, 5.41) is 54.9. The van der Waals surface area contributed by atoms with Gasteiger partial charge in [0, 0.05) is 6.42 Å². The van der Waals surface area contributed by atoms with Crippen LogP contribution >= 0.6 is 0 Å². The van der Waals surface area contributed by atoms with Crippen LogP contribution in [0.5, 0.6) is 0 Å². The minimum Gasteiger partial charge on any atom is -0.394 e. The van der Waals surface area contributed by atoms with Gasteiger partial charge in [-0.3, -0.25) is 4.79 Å². The number of hydrogen-bond donors (Lipinski definition) is 6. The molecule has 0 aromatic heterocycles. The number of aliphatic hydroxyl groups is 5. The lowest BCUT2D eigenvalue weighted by Gasteiger charge is -2.40. The Bertz CT molecular complexity index is 1890. The SMILES string of the molecule is CC/C=C\C/C=C\C/C=C\C/C=C\C/C=C\C/C=C\C/C=C\C/C=C\C/C=C\C/C=C\C/C=C\C/C=C\CCCCCCC(=O)NC(COC1OC(CO)C(O)C(O)C1O)C(O)CCCCCCCCCCCCCCCCCCCCCCCCC. The van der Waals surface area contributed by atoms with Crippen LogP contribution in [0.25, 0.3) is 0 Å². The van der Waals surface area contributed by atoms with Gasteiger partial charge in [-0.1, -0.05) is 320 Å². The first kappa shape index (κ1) is 81.1. The molecule has 0 saturated carbocycles. The first-order valence-corrected chi connectivity index (χ1v) is 35.5. The molecule has 7 atom stereocenters. The summed E-state index contributed by atoms with van der Waals surface area (Å²) in [5.74, 6) is -0.171. The molecular formula is C78H131NO8. The van der Waals surface area contributed by atoms with Gasteiger partial charge in [0.1, 0.15) is 24.4 Å². The van der Waals surface area contributed by atoms with Crippen molar-refractivity contribution in [2.24, 2.45) is 0 Å². The Morgan fingerprint density at radius 1 is 0.402 bits per heavy atom. The van der Waals surface area contributed by atoms with Gasteiger partial charge in [0.25, 0.3) is 0 Å². The summed E-state index contributed by atoms with van der Waals surface area (Å²) in [7, 11) is 0. The van der Waals surface area contributed by atoms with Gasteiger partial charge in [-0.2, -0.15) is 0 Å². The van der Waals surface area contributed by atoms with E-state index < -0.39 is 49.5 Å². The molecule has 9 heteroatoms. The molecule has 1 aliphatic heterocycles. The highest BCUT2D eigenvalue weighted by Crippen LogP contribution is 2.23. The fraction of sp³-hybridized carbons (Fsp3) is 0.679. The average molecular weight is 1210 g/mol. The zero-order valence-corrected chi connectivity index (χ0v) is 55.5. The summed E-state index contributed by atoms with van der Waals surface area (Å²) >= 11 is 0. The molecule has 6 N–H and O–H groups in total. The molecule has 87 heavy (non-hydrogen) atoms. The number of hydrogen-bond acceptors (Lipinski definition) is 8. The first-order valence-electron chi connectivity index (χ1n) is 35.5. The normalized spacial score (nSPS) is 18.9. The molecule has 0 aromatic carbocycles. The number of ether oxygens (including phenoxy) is 2. The smallest absolute Gasteiger partial charge is 0.220 e.